The number of carbonyl (C=O) groups excluding carboxylic acids is 2. The van der Waals surface area contributed by atoms with Gasteiger partial charge in [-0.2, -0.15) is 23.5 Å². The second kappa shape index (κ2) is 17.0. The summed E-state index contributed by atoms with van der Waals surface area (Å²) in [6.07, 6.45) is -0.994. The number of amides is 2. The lowest BCUT2D eigenvalue weighted by atomic mass is 9.85. The molecule has 2 aromatic heterocycles. The molecule has 2 heterocycles. The normalized spacial score (nSPS) is 15.7. The largest absolute Gasteiger partial charge is 0.416 e. The first-order valence-electron chi connectivity index (χ1n) is 18.0. The molecule has 0 radical (unpaired) electrons. The number of quaternary nitrogens is 1. The highest BCUT2D eigenvalue weighted by molar-refractivity contribution is 5.83. The van der Waals surface area contributed by atoms with Gasteiger partial charge in [-0.25, -0.2) is 18.8 Å². The van der Waals surface area contributed by atoms with E-state index in [1.807, 2.05) is 36.4 Å². The zero-order valence-corrected chi connectivity index (χ0v) is 31.6. The standard InChI is InChI=1S/C35H39F3N8O3.C6H6/c1-23-31(30-17-18-40-45(30)28-15-9-24(22-39)10-16-28)44(34(49)43(23)29-8-6-7-26(21-29)35(36,37)38)33(48)41-27-13-11-25(12-14-27)32(47)42(2)19-20-46(3,4)5;1-2-4-6-5-3-1/h6-10,15-18,21,25,27H,11-14,19-20H2,1-5H3;1-6H/p+1/t25-,27-;. The lowest BCUT2D eigenvalue weighted by molar-refractivity contribution is -0.869. The molecular formula is C41H46F3N8O3+. The smallest absolute Gasteiger partial charge is 0.340 e. The molecule has 0 saturated heterocycles. The summed E-state index contributed by atoms with van der Waals surface area (Å²) < 4.78 is 45.3. The predicted octanol–water partition coefficient (Wildman–Crippen LogP) is 6.66. The molecule has 6 rings (SSSR count). The van der Waals surface area contributed by atoms with Crippen LogP contribution >= 0.6 is 0 Å². The minimum absolute atomic E-state index is 0.0528. The van der Waals surface area contributed by atoms with Gasteiger partial charge in [0.1, 0.15) is 5.69 Å². The predicted molar refractivity (Wildman–Crippen MR) is 204 cm³/mol. The van der Waals surface area contributed by atoms with E-state index in [0.717, 1.165) is 32.3 Å². The summed E-state index contributed by atoms with van der Waals surface area (Å²) in [5.74, 6) is -0.100. The quantitative estimate of drug-likeness (QED) is 0.178. The summed E-state index contributed by atoms with van der Waals surface area (Å²) in [6.45, 7) is 3.00. The SMILES string of the molecule is Cc1c(-c2ccnn2-c2ccc(C#N)cc2)n(C(=O)N[C@H]2CC[C@H](C(=O)N(C)CC[N+](C)(C)C)CC2)c(=O)n1-c1cccc(C(F)(F)F)c1.c1ccccc1. The summed E-state index contributed by atoms with van der Waals surface area (Å²) in [7, 11) is 8.01. The van der Waals surface area contributed by atoms with Crippen LogP contribution in [0.5, 0.6) is 0 Å². The zero-order chi connectivity index (χ0) is 39.9. The third kappa shape index (κ3) is 9.79. The Morgan fingerprint density at radius 3 is 2.11 bits per heavy atom. The van der Waals surface area contributed by atoms with Crippen LogP contribution in [0.4, 0.5) is 18.0 Å². The molecule has 1 saturated carbocycles. The Hall–Kier alpha value is -5.94. The van der Waals surface area contributed by atoms with Crippen molar-refractivity contribution in [2.75, 3.05) is 41.3 Å². The molecule has 1 N–H and O–H groups in total. The van der Waals surface area contributed by atoms with Crippen molar-refractivity contribution in [1.82, 2.24) is 29.1 Å². The number of benzene rings is 3. The fourth-order valence-electron chi connectivity index (χ4n) is 6.57. The Morgan fingerprint density at radius 2 is 1.55 bits per heavy atom. The molecule has 55 heavy (non-hydrogen) atoms. The number of likely N-dealkylation sites (N-methyl/N-ethyl adjacent to an activating group) is 2. The second-order valence-corrected chi connectivity index (χ2v) is 14.6. The van der Waals surface area contributed by atoms with Crippen molar-refractivity contribution in [3.05, 3.63) is 124 Å². The Balaban J connectivity index is 0.000000881. The average molecular weight is 756 g/mol. The van der Waals surface area contributed by atoms with Gasteiger partial charge in [0, 0.05) is 19.0 Å². The van der Waals surface area contributed by atoms with E-state index in [1.165, 1.54) is 23.0 Å². The van der Waals surface area contributed by atoms with Gasteiger partial charge in [0.15, 0.2) is 0 Å². The zero-order valence-electron chi connectivity index (χ0n) is 31.6. The summed E-state index contributed by atoms with van der Waals surface area (Å²) in [6, 6.07) is 25.5. The number of nitrogens with zero attached hydrogens (tertiary/aromatic N) is 7. The minimum Gasteiger partial charge on any atom is -0.340 e. The monoisotopic (exact) mass is 755 g/mol. The van der Waals surface area contributed by atoms with Crippen molar-refractivity contribution in [2.24, 2.45) is 5.92 Å². The van der Waals surface area contributed by atoms with Gasteiger partial charge in [-0.1, -0.05) is 42.5 Å². The molecule has 0 spiro atoms. The van der Waals surface area contributed by atoms with Crippen molar-refractivity contribution in [1.29, 1.82) is 5.26 Å². The Labute approximate surface area is 318 Å². The van der Waals surface area contributed by atoms with Crippen LogP contribution in [0.25, 0.3) is 22.8 Å². The van der Waals surface area contributed by atoms with Crippen molar-refractivity contribution in [3.63, 3.8) is 0 Å². The highest BCUT2D eigenvalue weighted by Crippen LogP contribution is 2.32. The molecule has 288 valence electrons. The van der Waals surface area contributed by atoms with Crippen LogP contribution in [0, 0.1) is 24.2 Å². The van der Waals surface area contributed by atoms with Gasteiger partial charge in [0.2, 0.25) is 5.91 Å². The van der Waals surface area contributed by atoms with Gasteiger partial charge in [0.25, 0.3) is 0 Å². The third-order valence-electron chi connectivity index (χ3n) is 9.60. The van der Waals surface area contributed by atoms with E-state index in [1.54, 1.807) is 49.2 Å². The molecule has 5 aromatic rings. The van der Waals surface area contributed by atoms with E-state index in [-0.39, 0.29) is 34.9 Å². The number of halogens is 3. The second-order valence-electron chi connectivity index (χ2n) is 14.6. The van der Waals surface area contributed by atoms with Crippen LogP contribution in [0.1, 0.15) is 42.5 Å². The molecule has 3 aromatic carbocycles. The molecule has 11 nitrogen and oxygen atoms in total. The molecule has 1 fully saturated rings. The molecule has 14 heteroatoms. The van der Waals surface area contributed by atoms with E-state index in [2.05, 4.69) is 37.6 Å². The van der Waals surface area contributed by atoms with Crippen LogP contribution in [0.3, 0.4) is 0 Å². The molecule has 0 aliphatic heterocycles. The molecule has 2 amide bonds. The highest BCUT2D eigenvalue weighted by Gasteiger charge is 2.34. The third-order valence-corrected chi connectivity index (χ3v) is 9.60. The van der Waals surface area contributed by atoms with Crippen molar-refractivity contribution >= 4 is 11.9 Å². The van der Waals surface area contributed by atoms with Crippen LogP contribution < -0.4 is 11.0 Å². The molecule has 1 aliphatic rings. The van der Waals surface area contributed by atoms with Crippen LogP contribution in [-0.4, -0.2) is 87.6 Å². The van der Waals surface area contributed by atoms with Gasteiger partial charge < -0.3 is 14.7 Å². The van der Waals surface area contributed by atoms with Gasteiger partial charge in [-0.15, -0.1) is 0 Å². The number of hydrogen-bond acceptors (Lipinski definition) is 5. The maximum Gasteiger partial charge on any atom is 0.416 e. The van der Waals surface area contributed by atoms with Gasteiger partial charge in [-0.3, -0.25) is 9.36 Å². The molecule has 1 aliphatic carbocycles. The number of rotatable bonds is 8. The Morgan fingerprint density at radius 1 is 0.927 bits per heavy atom. The average Bonchev–Trinajstić information content (AvgIpc) is 3.75. The van der Waals surface area contributed by atoms with Crippen LogP contribution in [-0.2, 0) is 11.0 Å². The van der Waals surface area contributed by atoms with Crippen LogP contribution in [0.2, 0.25) is 0 Å². The topological polar surface area (TPSA) is 118 Å². The summed E-state index contributed by atoms with van der Waals surface area (Å²) >= 11 is 0. The summed E-state index contributed by atoms with van der Waals surface area (Å²) in [5, 5.41) is 16.6. The molecule has 0 bridgehead atoms. The van der Waals surface area contributed by atoms with Crippen molar-refractivity contribution in [2.45, 2.75) is 44.8 Å². The maximum atomic E-state index is 14.1. The minimum atomic E-state index is -4.65. The van der Waals surface area contributed by atoms with E-state index in [4.69, 9.17) is 0 Å². The van der Waals surface area contributed by atoms with E-state index >= 15 is 0 Å². The fraction of sp³-hybridized carbons (Fsp3) is 0.341. The molecule has 0 unspecified atom stereocenters. The first-order valence-corrected chi connectivity index (χ1v) is 18.0. The van der Waals surface area contributed by atoms with E-state index < -0.39 is 23.5 Å². The van der Waals surface area contributed by atoms with E-state index in [9.17, 15) is 32.8 Å². The molecule has 0 atom stereocenters. The van der Waals surface area contributed by atoms with Crippen molar-refractivity contribution < 1.29 is 27.2 Å². The number of carbonyl (C=O) groups is 2. The number of aromatic nitrogens is 4. The molecular weight excluding hydrogens is 709 g/mol. The first kappa shape index (κ1) is 40.2. The summed E-state index contributed by atoms with van der Waals surface area (Å²) in [4.78, 5) is 43.0. The van der Waals surface area contributed by atoms with Gasteiger partial charge in [-0.05, 0) is 81.1 Å². The Bertz CT molecular complexity index is 2160. The number of imidazole rings is 1. The number of alkyl halides is 3. The highest BCUT2D eigenvalue weighted by atomic mass is 19.4. The van der Waals surface area contributed by atoms with Gasteiger partial charge in [0.05, 0.1) is 80.4 Å². The first-order chi connectivity index (χ1) is 26.1. The summed E-state index contributed by atoms with van der Waals surface area (Å²) in [5.41, 5.74) is -0.168. The fourth-order valence-corrected chi connectivity index (χ4v) is 6.57. The lowest BCUT2D eigenvalue weighted by Crippen LogP contribution is -2.46. The van der Waals surface area contributed by atoms with Gasteiger partial charge >= 0.3 is 17.9 Å². The van der Waals surface area contributed by atoms with Crippen LogP contribution in [0.15, 0.2) is 102 Å². The number of nitriles is 1. The van der Waals surface area contributed by atoms with Crippen molar-refractivity contribution in [3.8, 4) is 28.8 Å². The number of nitrogens with one attached hydrogen (secondary N) is 1. The lowest BCUT2D eigenvalue weighted by Gasteiger charge is -2.32. The van der Waals surface area contributed by atoms with E-state index in [0.29, 0.717) is 49.2 Å². The maximum absolute atomic E-state index is 14.1. The Kier molecular flexibility index (Phi) is 12.5. The number of hydrogen-bond donors (Lipinski definition) is 1.